The number of rotatable bonds is 10. The second kappa shape index (κ2) is 11.9. The van der Waals surface area contributed by atoms with E-state index < -0.39 is 10.0 Å². The van der Waals surface area contributed by atoms with Gasteiger partial charge in [0.2, 0.25) is 0 Å². The van der Waals surface area contributed by atoms with Gasteiger partial charge in [-0.15, -0.1) is 4.40 Å². The molecule has 2 aromatic carbocycles. The summed E-state index contributed by atoms with van der Waals surface area (Å²) in [5.74, 6) is 0.917. The first-order chi connectivity index (χ1) is 16.3. The SMILES string of the molecule is CCCCCOc1ccc(/C=C2\S/C(=N/S(=O)(=O)c3ccc(Br)cc3)N(CC)C2=O)cc1OC. The fourth-order valence-corrected chi connectivity index (χ4v) is 5.70. The van der Waals surface area contributed by atoms with Crippen LogP contribution in [0.4, 0.5) is 0 Å². The van der Waals surface area contributed by atoms with E-state index in [2.05, 4.69) is 27.3 Å². The summed E-state index contributed by atoms with van der Waals surface area (Å²) in [4.78, 5) is 14.7. The van der Waals surface area contributed by atoms with Crippen LogP contribution in [0.3, 0.4) is 0 Å². The molecule has 1 fully saturated rings. The van der Waals surface area contributed by atoms with Crippen molar-refractivity contribution in [3.63, 3.8) is 0 Å². The Hall–Kier alpha value is -2.30. The van der Waals surface area contributed by atoms with Crippen molar-refractivity contribution in [3.8, 4) is 11.5 Å². The number of nitrogens with zero attached hydrogens (tertiary/aromatic N) is 2. The highest BCUT2D eigenvalue weighted by Gasteiger charge is 2.34. The van der Waals surface area contributed by atoms with E-state index in [1.54, 1.807) is 38.3 Å². The van der Waals surface area contributed by atoms with E-state index in [1.165, 1.54) is 17.0 Å². The number of carbonyl (C=O) groups excluding carboxylic acids is 1. The average molecular weight is 568 g/mol. The predicted molar refractivity (Wildman–Crippen MR) is 140 cm³/mol. The molecular formula is C24H27BrN2O5S2. The largest absolute Gasteiger partial charge is 0.493 e. The van der Waals surface area contributed by atoms with Crippen molar-refractivity contribution in [2.45, 2.75) is 38.0 Å². The Kier molecular flexibility index (Phi) is 9.21. The average Bonchev–Trinajstić information content (AvgIpc) is 3.10. The number of carbonyl (C=O) groups is 1. The number of amidine groups is 1. The quantitative estimate of drug-likeness (QED) is 0.270. The van der Waals surface area contributed by atoms with Crippen molar-refractivity contribution in [2.24, 2.45) is 4.40 Å². The minimum Gasteiger partial charge on any atom is -0.493 e. The molecule has 0 spiro atoms. The second-order valence-corrected chi connectivity index (χ2v) is 11.0. The molecule has 0 unspecified atom stereocenters. The number of unbranched alkanes of at least 4 members (excludes halogenated alkanes) is 2. The topological polar surface area (TPSA) is 85.3 Å². The lowest BCUT2D eigenvalue weighted by Gasteiger charge is -2.12. The van der Waals surface area contributed by atoms with Crippen LogP contribution >= 0.6 is 27.7 Å². The number of hydrogen-bond acceptors (Lipinski definition) is 6. The highest BCUT2D eigenvalue weighted by atomic mass is 79.9. The van der Waals surface area contributed by atoms with Gasteiger partial charge in [0.25, 0.3) is 15.9 Å². The molecule has 7 nitrogen and oxygen atoms in total. The van der Waals surface area contributed by atoms with Crippen LogP contribution in [0.25, 0.3) is 6.08 Å². The number of thioether (sulfide) groups is 1. The first-order valence-electron chi connectivity index (χ1n) is 10.9. The third kappa shape index (κ3) is 6.43. The smallest absolute Gasteiger partial charge is 0.284 e. The van der Waals surface area contributed by atoms with Gasteiger partial charge >= 0.3 is 0 Å². The Morgan fingerprint density at radius 2 is 1.82 bits per heavy atom. The van der Waals surface area contributed by atoms with Crippen LogP contribution in [0, 0.1) is 0 Å². The molecule has 1 aliphatic rings. The molecular weight excluding hydrogens is 540 g/mol. The lowest BCUT2D eigenvalue weighted by molar-refractivity contribution is -0.122. The number of benzene rings is 2. The number of amides is 1. The lowest BCUT2D eigenvalue weighted by atomic mass is 10.2. The van der Waals surface area contributed by atoms with Crippen LogP contribution < -0.4 is 9.47 Å². The molecule has 0 aliphatic carbocycles. The summed E-state index contributed by atoms with van der Waals surface area (Å²) in [5.41, 5.74) is 0.738. The van der Waals surface area contributed by atoms with Gasteiger partial charge in [-0.05, 0) is 73.1 Å². The predicted octanol–water partition coefficient (Wildman–Crippen LogP) is 5.71. The van der Waals surface area contributed by atoms with Crippen molar-refractivity contribution in [1.29, 1.82) is 0 Å². The van der Waals surface area contributed by atoms with Gasteiger partial charge < -0.3 is 9.47 Å². The number of ether oxygens (including phenoxy) is 2. The molecule has 182 valence electrons. The summed E-state index contributed by atoms with van der Waals surface area (Å²) in [6, 6.07) is 11.6. The zero-order valence-corrected chi connectivity index (χ0v) is 22.5. The third-order valence-electron chi connectivity index (χ3n) is 5.00. The molecule has 1 amide bonds. The van der Waals surface area contributed by atoms with Crippen LogP contribution in [-0.4, -0.2) is 44.7 Å². The van der Waals surface area contributed by atoms with Gasteiger partial charge in [-0.25, -0.2) is 0 Å². The summed E-state index contributed by atoms with van der Waals surface area (Å²) >= 11 is 4.32. The van der Waals surface area contributed by atoms with Crippen LogP contribution in [0.2, 0.25) is 0 Å². The zero-order chi connectivity index (χ0) is 24.7. The summed E-state index contributed by atoms with van der Waals surface area (Å²) < 4.78 is 41.5. The van der Waals surface area contributed by atoms with E-state index in [-0.39, 0.29) is 16.0 Å². The highest BCUT2D eigenvalue weighted by molar-refractivity contribution is 9.10. The van der Waals surface area contributed by atoms with Gasteiger partial charge in [0.05, 0.1) is 23.5 Å². The fraction of sp³-hybridized carbons (Fsp3) is 0.333. The van der Waals surface area contributed by atoms with E-state index >= 15 is 0 Å². The maximum absolute atomic E-state index is 12.9. The summed E-state index contributed by atoms with van der Waals surface area (Å²) in [6.07, 6.45) is 4.88. The molecule has 34 heavy (non-hydrogen) atoms. The molecule has 0 N–H and O–H groups in total. The van der Waals surface area contributed by atoms with Crippen LogP contribution in [-0.2, 0) is 14.8 Å². The van der Waals surface area contributed by atoms with E-state index in [4.69, 9.17) is 9.47 Å². The van der Waals surface area contributed by atoms with Crippen molar-refractivity contribution in [3.05, 3.63) is 57.4 Å². The maximum atomic E-state index is 12.9. The molecule has 0 atom stereocenters. The fourth-order valence-electron chi connectivity index (χ4n) is 3.20. The molecule has 1 saturated heterocycles. The van der Waals surface area contributed by atoms with Crippen LogP contribution in [0.15, 0.2) is 61.1 Å². The third-order valence-corrected chi connectivity index (χ3v) is 7.94. The van der Waals surface area contributed by atoms with Crippen molar-refractivity contribution in [2.75, 3.05) is 20.3 Å². The van der Waals surface area contributed by atoms with Crippen molar-refractivity contribution >= 4 is 54.9 Å². The Bertz CT molecular complexity index is 1190. The zero-order valence-electron chi connectivity index (χ0n) is 19.3. The molecule has 1 aliphatic heterocycles. The van der Waals surface area contributed by atoms with Gasteiger partial charge in [-0.3, -0.25) is 9.69 Å². The molecule has 10 heteroatoms. The van der Waals surface area contributed by atoms with E-state index in [0.717, 1.165) is 41.1 Å². The number of sulfonamides is 1. The first-order valence-corrected chi connectivity index (χ1v) is 14.0. The summed E-state index contributed by atoms with van der Waals surface area (Å²) in [5, 5.41) is 0.129. The molecule has 1 heterocycles. The minimum atomic E-state index is -3.96. The molecule has 0 saturated carbocycles. The maximum Gasteiger partial charge on any atom is 0.284 e. The number of methoxy groups -OCH3 is 1. The number of likely N-dealkylation sites (N-methyl/N-ethyl adjacent to an activating group) is 1. The van der Waals surface area contributed by atoms with Gasteiger partial charge in [-0.1, -0.05) is 41.8 Å². The Morgan fingerprint density at radius 3 is 2.47 bits per heavy atom. The molecule has 0 aromatic heterocycles. The van der Waals surface area contributed by atoms with Crippen LogP contribution in [0.1, 0.15) is 38.7 Å². The second-order valence-electron chi connectivity index (χ2n) is 7.43. The van der Waals surface area contributed by atoms with Gasteiger partial charge in [-0.2, -0.15) is 8.42 Å². The number of halogens is 1. The molecule has 0 radical (unpaired) electrons. The van der Waals surface area contributed by atoms with Crippen molar-refractivity contribution < 1.29 is 22.7 Å². The van der Waals surface area contributed by atoms with Gasteiger partial charge in [0.1, 0.15) is 0 Å². The van der Waals surface area contributed by atoms with E-state index in [0.29, 0.717) is 29.6 Å². The normalized spacial score (nSPS) is 16.5. The Balaban J connectivity index is 1.85. The van der Waals surface area contributed by atoms with E-state index in [9.17, 15) is 13.2 Å². The lowest BCUT2D eigenvalue weighted by Crippen LogP contribution is -2.29. The molecule has 0 bridgehead atoms. The Morgan fingerprint density at radius 1 is 1.09 bits per heavy atom. The van der Waals surface area contributed by atoms with E-state index in [1.807, 2.05) is 12.1 Å². The first kappa shape index (κ1) is 26.3. The molecule has 2 aromatic rings. The monoisotopic (exact) mass is 566 g/mol. The van der Waals surface area contributed by atoms with Gasteiger partial charge in [0.15, 0.2) is 16.7 Å². The summed E-state index contributed by atoms with van der Waals surface area (Å²) in [7, 11) is -2.40. The minimum absolute atomic E-state index is 0.0593. The molecule has 3 rings (SSSR count). The van der Waals surface area contributed by atoms with Gasteiger partial charge in [0, 0.05) is 11.0 Å². The number of hydrogen-bond donors (Lipinski definition) is 0. The highest BCUT2D eigenvalue weighted by Crippen LogP contribution is 2.35. The Labute approximate surface area is 213 Å². The summed E-state index contributed by atoms with van der Waals surface area (Å²) in [6.45, 7) is 4.82. The van der Waals surface area contributed by atoms with Crippen LogP contribution in [0.5, 0.6) is 11.5 Å². The standard InChI is InChI=1S/C24H27BrN2O5S2/c1-4-6-7-14-32-20-13-8-17(15-21(20)31-3)16-22-23(28)27(5-2)24(33-22)26-34(29,30)19-11-9-18(25)10-12-19/h8-13,15-16H,4-7,14H2,1-3H3/b22-16-,26-24+. The van der Waals surface area contributed by atoms with Crippen molar-refractivity contribution in [1.82, 2.24) is 4.90 Å².